The molecule has 8 heteroatoms. The molecule has 0 aliphatic carbocycles. The van der Waals surface area contributed by atoms with Crippen LogP contribution in [0.2, 0.25) is 0 Å². The number of hydrogen-bond donors (Lipinski definition) is 2. The van der Waals surface area contributed by atoms with E-state index in [0.29, 0.717) is 11.5 Å². The summed E-state index contributed by atoms with van der Waals surface area (Å²) in [6.07, 6.45) is 2.95. The fourth-order valence-electron chi connectivity index (χ4n) is 3.82. The van der Waals surface area contributed by atoms with Crippen molar-refractivity contribution in [3.63, 3.8) is 0 Å². The topological polar surface area (TPSA) is 92.9 Å². The van der Waals surface area contributed by atoms with E-state index in [1.54, 1.807) is 17.7 Å². The molecule has 3 atom stereocenters. The molecular weight excluding hydrogens is 458 g/mol. The van der Waals surface area contributed by atoms with Crippen molar-refractivity contribution in [3.8, 4) is 17.1 Å². The minimum absolute atomic E-state index is 0.0957. The highest BCUT2D eigenvalue weighted by Gasteiger charge is 2.24. The minimum Gasteiger partial charge on any atom is -0.387 e. The van der Waals surface area contributed by atoms with Crippen LogP contribution in [0.5, 0.6) is 0 Å². The number of aliphatic hydroxyl groups excluding tert-OH is 1. The summed E-state index contributed by atoms with van der Waals surface area (Å²) in [5, 5.41) is 15.5. The molecule has 0 radical (unpaired) electrons. The van der Waals surface area contributed by atoms with E-state index in [1.165, 1.54) is 0 Å². The van der Waals surface area contributed by atoms with Gasteiger partial charge in [-0.15, -0.1) is 0 Å². The van der Waals surface area contributed by atoms with Crippen LogP contribution in [0.25, 0.3) is 28.0 Å². The Morgan fingerprint density at radius 2 is 1.80 bits per heavy atom. The molecule has 4 rings (SSSR count). The van der Waals surface area contributed by atoms with Gasteiger partial charge in [-0.05, 0) is 64.4 Å². The molecule has 0 spiro atoms. The average molecular weight is 492 g/mol. The third-order valence-corrected chi connectivity index (χ3v) is 7.39. The van der Waals surface area contributed by atoms with E-state index >= 15 is 0 Å². The molecule has 0 aliphatic heterocycles. The van der Waals surface area contributed by atoms with Crippen LogP contribution in [0.4, 0.5) is 0 Å². The molecule has 0 aliphatic rings. The Morgan fingerprint density at radius 3 is 2.51 bits per heavy atom. The highest BCUT2D eigenvalue weighted by Crippen LogP contribution is 2.27. The van der Waals surface area contributed by atoms with E-state index in [9.17, 15) is 9.32 Å². The van der Waals surface area contributed by atoms with Crippen molar-refractivity contribution in [3.05, 3.63) is 72.2 Å². The smallest absolute Gasteiger partial charge is 0.154 e. The van der Waals surface area contributed by atoms with Crippen molar-refractivity contribution in [1.29, 1.82) is 0 Å². The molecule has 35 heavy (non-hydrogen) atoms. The molecule has 184 valence electrons. The molecule has 1 unspecified atom stereocenters. The molecule has 0 saturated carbocycles. The second-order valence-corrected chi connectivity index (χ2v) is 11.7. The number of fused-ring (bicyclic) bond motifs is 1. The predicted molar refractivity (Wildman–Crippen MR) is 141 cm³/mol. The van der Waals surface area contributed by atoms with Crippen LogP contribution in [-0.2, 0) is 11.0 Å². The molecule has 2 N–H and O–H groups in total. The van der Waals surface area contributed by atoms with Gasteiger partial charge in [-0.3, -0.25) is 4.98 Å². The molecule has 0 fully saturated rings. The largest absolute Gasteiger partial charge is 0.387 e. The Balaban J connectivity index is 1.71. The third-order valence-electron chi connectivity index (χ3n) is 5.78. The maximum atomic E-state index is 12.8. The highest BCUT2D eigenvalue weighted by molar-refractivity contribution is 7.84. The second-order valence-electron chi connectivity index (χ2n) is 9.71. The van der Waals surface area contributed by atoms with Crippen molar-refractivity contribution in [2.24, 2.45) is 0 Å². The molecule has 3 heterocycles. The Bertz CT molecular complexity index is 1340. The van der Waals surface area contributed by atoms with E-state index in [2.05, 4.69) is 27.8 Å². The minimum atomic E-state index is -1.19. The first-order chi connectivity index (χ1) is 16.7. The first-order valence-electron chi connectivity index (χ1n) is 12.0. The van der Waals surface area contributed by atoms with Crippen LogP contribution in [0.15, 0.2) is 60.8 Å². The zero-order valence-corrected chi connectivity index (χ0v) is 21.7. The van der Waals surface area contributed by atoms with Gasteiger partial charge in [0.05, 0.1) is 56.7 Å². The summed E-state index contributed by atoms with van der Waals surface area (Å²) in [5.41, 5.74) is 4.18. The highest BCUT2D eigenvalue weighted by atomic mass is 32.2. The lowest BCUT2D eigenvalue weighted by Crippen LogP contribution is -2.36. The van der Waals surface area contributed by atoms with Gasteiger partial charge in [-0.25, -0.2) is 18.6 Å². The van der Waals surface area contributed by atoms with Crippen LogP contribution in [-0.4, -0.2) is 33.8 Å². The number of pyridine rings is 2. The Morgan fingerprint density at radius 1 is 1.06 bits per heavy atom. The summed E-state index contributed by atoms with van der Waals surface area (Å²) >= 11 is 0. The van der Waals surface area contributed by atoms with Gasteiger partial charge in [0.1, 0.15) is 0 Å². The first kappa shape index (κ1) is 25.2. The van der Waals surface area contributed by atoms with E-state index in [1.807, 2.05) is 69.4 Å². The molecule has 7 nitrogen and oxygen atoms in total. The number of nitrogens with one attached hydrogen (secondary N) is 1. The van der Waals surface area contributed by atoms with Gasteiger partial charge >= 0.3 is 0 Å². The summed E-state index contributed by atoms with van der Waals surface area (Å²) in [7, 11) is -1.19. The van der Waals surface area contributed by atoms with Gasteiger partial charge in [0.25, 0.3) is 0 Å². The molecule has 1 aromatic carbocycles. The normalized spacial score (nSPS) is 14.7. The number of aromatic nitrogens is 4. The average Bonchev–Trinajstić information content (AvgIpc) is 3.26. The number of rotatable bonds is 8. The Hall–Kier alpha value is -2.94. The maximum Gasteiger partial charge on any atom is 0.154 e. The molecule has 3 aromatic heterocycles. The van der Waals surface area contributed by atoms with Crippen molar-refractivity contribution in [2.45, 2.75) is 64.4 Å². The van der Waals surface area contributed by atoms with Crippen molar-refractivity contribution in [2.75, 3.05) is 0 Å². The number of aliphatic hydroxyl groups is 1. The van der Waals surface area contributed by atoms with Crippen LogP contribution in [0, 0.1) is 0 Å². The van der Waals surface area contributed by atoms with E-state index in [-0.39, 0.29) is 10.8 Å². The molecule has 0 bridgehead atoms. The van der Waals surface area contributed by atoms with Crippen LogP contribution in [0.1, 0.15) is 71.0 Å². The summed E-state index contributed by atoms with van der Waals surface area (Å²) in [6.45, 7) is 9.71. The number of benzene rings is 1. The molecule has 4 aromatic rings. The van der Waals surface area contributed by atoms with Gasteiger partial charge in [-0.2, -0.15) is 5.10 Å². The molecule has 0 amide bonds. The lowest BCUT2D eigenvalue weighted by Gasteiger charge is -2.24. The van der Waals surface area contributed by atoms with Crippen molar-refractivity contribution < 1.29 is 9.32 Å². The quantitative estimate of drug-likeness (QED) is 0.343. The molecule has 0 saturated heterocycles. The third kappa shape index (κ3) is 5.66. The Labute approximate surface area is 209 Å². The lowest BCUT2D eigenvalue weighted by atomic mass is 10.1. The zero-order valence-electron chi connectivity index (χ0n) is 20.9. The first-order valence-corrected chi connectivity index (χ1v) is 13.1. The van der Waals surface area contributed by atoms with Crippen molar-refractivity contribution >= 4 is 21.9 Å². The van der Waals surface area contributed by atoms with Gasteiger partial charge in [-0.1, -0.05) is 37.6 Å². The van der Waals surface area contributed by atoms with E-state index < -0.39 is 17.1 Å². The summed E-state index contributed by atoms with van der Waals surface area (Å²) < 4.78 is 17.5. The standard InChI is InChI=1S/C27H33N5O2S/c1-6-9-24(31-35(34)27(3,4)5)23-12-7-11-22(29-23)19-14-15-20-17-28-32(25(20)16-19)26-13-8-10-21(30-26)18(2)33/h7-8,10-18,24,31,33H,6,9H2,1-5H3/t18?,24-,35+/m0/s1. The summed E-state index contributed by atoms with van der Waals surface area (Å²) in [4.78, 5) is 9.52. The fraction of sp³-hybridized carbons (Fsp3) is 0.370. The van der Waals surface area contributed by atoms with E-state index in [4.69, 9.17) is 4.98 Å². The van der Waals surface area contributed by atoms with E-state index in [0.717, 1.165) is 40.7 Å². The fourth-order valence-corrected chi connectivity index (χ4v) is 4.67. The van der Waals surface area contributed by atoms with Crippen molar-refractivity contribution in [1.82, 2.24) is 24.5 Å². The number of nitrogens with zero attached hydrogens (tertiary/aromatic N) is 4. The zero-order chi connectivity index (χ0) is 25.2. The molecular formula is C27H33N5O2S. The van der Waals surface area contributed by atoms with Gasteiger partial charge < -0.3 is 5.11 Å². The van der Waals surface area contributed by atoms with Gasteiger partial charge in [0.2, 0.25) is 0 Å². The maximum absolute atomic E-state index is 12.8. The second kappa shape index (κ2) is 10.4. The monoisotopic (exact) mass is 491 g/mol. The van der Waals surface area contributed by atoms with Crippen LogP contribution < -0.4 is 4.72 Å². The van der Waals surface area contributed by atoms with Gasteiger partial charge in [0, 0.05) is 10.9 Å². The summed E-state index contributed by atoms with van der Waals surface area (Å²) in [6, 6.07) is 17.5. The summed E-state index contributed by atoms with van der Waals surface area (Å²) in [5.74, 6) is 0.647. The lowest BCUT2D eigenvalue weighted by molar-refractivity contribution is 0.194. The number of hydrogen-bond acceptors (Lipinski definition) is 5. The van der Waals surface area contributed by atoms with Crippen LogP contribution >= 0.6 is 0 Å². The SMILES string of the molecule is CCC[C@H](N[S@](=O)C(C)(C)C)c1cccc(-c2ccc3cnn(-c4cccc(C(C)O)n4)c3c2)n1. The van der Waals surface area contributed by atoms with Crippen LogP contribution in [0.3, 0.4) is 0 Å². The predicted octanol–water partition coefficient (Wildman–Crippen LogP) is 5.43. The Kier molecular flexibility index (Phi) is 7.44. The van der Waals surface area contributed by atoms with Gasteiger partial charge in [0.15, 0.2) is 5.82 Å².